The van der Waals surface area contributed by atoms with Crippen molar-refractivity contribution in [3.05, 3.63) is 11.6 Å². The zero-order chi connectivity index (χ0) is 22.7. The second-order valence-corrected chi connectivity index (χ2v) is 11.1. The van der Waals surface area contributed by atoms with Crippen LogP contribution in [0, 0.1) is 28.6 Å². The van der Waals surface area contributed by atoms with Crippen LogP contribution in [0.25, 0.3) is 0 Å². The van der Waals surface area contributed by atoms with Crippen molar-refractivity contribution < 1.29 is 29.1 Å². The summed E-state index contributed by atoms with van der Waals surface area (Å²) < 4.78 is 5.82. The molecule has 1 aliphatic heterocycles. The molecule has 0 aromatic rings. The van der Waals surface area contributed by atoms with Crippen molar-refractivity contribution in [3.63, 3.8) is 0 Å². The lowest BCUT2D eigenvalue weighted by molar-refractivity contribution is -0.201. The number of rotatable bonds is 4. The van der Waals surface area contributed by atoms with Gasteiger partial charge in [-0.05, 0) is 80.0 Å². The fourth-order valence-corrected chi connectivity index (χ4v) is 7.76. The highest BCUT2D eigenvalue weighted by Gasteiger charge is 2.58. The molecular formula is C25H35NO6. The van der Waals surface area contributed by atoms with E-state index < -0.39 is 17.8 Å². The van der Waals surface area contributed by atoms with Gasteiger partial charge in [0.15, 0.2) is 0 Å². The lowest BCUT2D eigenvalue weighted by Gasteiger charge is -2.58. The van der Waals surface area contributed by atoms with Gasteiger partial charge in [-0.1, -0.05) is 25.5 Å². The maximum Gasteiger partial charge on any atom is 0.358 e. The SMILES string of the molecule is CC12CCC(OCC(=O)ON3C(=O)CCC3=O)C=C1CCC1C2CCC2(C)C(O)CCC12. The third-order valence-electron chi connectivity index (χ3n) is 9.64. The summed E-state index contributed by atoms with van der Waals surface area (Å²) in [6.07, 6.45) is 10.6. The van der Waals surface area contributed by atoms with Crippen molar-refractivity contribution in [1.29, 1.82) is 0 Å². The minimum atomic E-state index is -0.713. The van der Waals surface area contributed by atoms with Gasteiger partial charge in [-0.15, -0.1) is 5.06 Å². The Morgan fingerprint density at radius 1 is 1.03 bits per heavy atom. The van der Waals surface area contributed by atoms with Crippen molar-refractivity contribution in [1.82, 2.24) is 5.06 Å². The number of aliphatic hydroxyl groups excluding tert-OH is 1. The van der Waals surface area contributed by atoms with Crippen LogP contribution in [0.15, 0.2) is 11.6 Å². The molecule has 7 unspecified atom stereocenters. The molecule has 1 saturated heterocycles. The predicted molar refractivity (Wildman–Crippen MR) is 115 cm³/mol. The summed E-state index contributed by atoms with van der Waals surface area (Å²) in [4.78, 5) is 40.2. The van der Waals surface area contributed by atoms with Crippen molar-refractivity contribution in [2.24, 2.45) is 28.6 Å². The molecule has 0 aromatic carbocycles. The summed E-state index contributed by atoms with van der Waals surface area (Å²) >= 11 is 0. The number of nitrogens with zero attached hydrogens (tertiary/aromatic N) is 1. The Morgan fingerprint density at radius 2 is 1.78 bits per heavy atom. The number of aliphatic hydroxyl groups is 1. The first-order valence-corrected chi connectivity index (χ1v) is 12.3. The number of hydrogen-bond acceptors (Lipinski definition) is 6. The Kier molecular flexibility index (Phi) is 5.48. The molecule has 3 saturated carbocycles. The molecule has 7 atom stereocenters. The molecule has 0 spiro atoms. The fraction of sp³-hybridized carbons (Fsp3) is 0.800. The Balaban J connectivity index is 1.22. The van der Waals surface area contributed by atoms with E-state index in [2.05, 4.69) is 19.9 Å². The zero-order valence-electron chi connectivity index (χ0n) is 19.2. The molecule has 4 aliphatic carbocycles. The number of carbonyl (C=O) groups excluding carboxylic acids is 3. The van der Waals surface area contributed by atoms with Gasteiger partial charge < -0.3 is 14.7 Å². The molecule has 5 rings (SSSR count). The maximum absolute atomic E-state index is 12.1. The van der Waals surface area contributed by atoms with Crippen LogP contribution >= 0.6 is 0 Å². The number of hydroxylamine groups is 2. The second-order valence-electron chi connectivity index (χ2n) is 11.1. The van der Waals surface area contributed by atoms with E-state index in [1.807, 2.05) is 0 Å². The smallest absolute Gasteiger partial charge is 0.358 e. The molecule has 32 heavy (non-hydrogen) atoms. The van der Waals surface area contributed by atoms with Gasteiger partial charge in [0.2, 0.25) is 0 Å². The Labute approximate surface area is 189 Å². The molecule has 7 heteroatoms. The van der Waals surface area contributed by atoms with Crippen LogP contribution in [-0.2, 0) is 24.0 Å². The average molecular weight is 446 g/mol. The quantitative estimate of drug-likeness (QED) is 0.527. The average Bonchev–Trinajstić information content (AvgIpc) is 3.25. The molecule has 1 heterocycles. The number of allylic oxidation sites excluding steroid dienone is 1. The number of hydrogen-bond donors (Lipinski definition) is 1. The van der Waals surface area contributed by atoms with E-state index in [1.165, 1.54) is 18.4 Å². The van der Waals surface area contributed by atoms with E-state index in [4.69, 9.17) is 9.57 Å². The van der Waals surface area contributed by atoms with Crippen molar-refractivity contribution in [2.45, 2.75) is 90.3 Å². The minimum Gasteiger partial charge on any atom is -0.393 e. The molecule has 0 radical (unpaired) electrons. The van der Waals surface area contributed by atoms with Gasteiger partial charge in [-0.2, -0.15) is 0 Å². The first-order valence-electron chi connectivity index (χ1n) is 12.3. The van der Waals surface area contributed by atoms with Crippen molar-refractivity contribution >= 4 is 17.8 Å². The van der Waals surface area contributed by atoms with E-state index in [0.29, 0.717) is 22.8 Å². The standard InChI is InChI=1S/C25H35NO6/c1-24-11-9-16(31-14-23(30)32-26-21(28)7-8-22(26)29)13-15(24)3-4-17-18-5-6-20(27)25(18,2)12-10-19(17)24/h13,16-20,27H,3-12,14H2,1-2H3. The summed E-state index contributed by atoms with van der Waals surface area (Å²) in [5.74, 6) is 0.313. The van der Waals surface area contributed by atoms with Crippen molar-refractivity contribution in [3.8, 4) is 0 Å². The lowest BCUT2D eigenvalue weighted by atomic mass is 9.47. The van der Waals surface area contributed by atoms with Gasteiger partial charge in [0.1, 0.15) is 6.61 Å². The van der Waals surface area contributed by atoms with E-state index in [9.17, 15) is 19.5 Å². The summed E-state index contributed by atoms with van der Waals surface area (Å²) in [7, 11) is 0. The van der Waals surface area contributed by atoms with Gasteiger partial charge >= 0.3 is 5.97 Å². The zero-order valence-corrected chi connectivity index (χ0v) is 19.2. The molecule has 0 aromatic heterocycles. The normalized spacial score (nSPS) is 43.4. The minimum absolute atomic E-state index is 0.0847. The van der Waals surface area contributed by atoms with Gasteiger partial charge in [-0.25, -0.2) is 4.79 Å². The number of carbonyl (C=O) groups is 3. The first kappa shape index (κ1) is 22.1. The van der Waals surface area contributed by atoms with Crippen LogP contribution in [0.5, 0.6) is 0 Å². The van der Waals surface area contributed by atoms with Gasteiger partial charge in [0, 0.05) is 12.8 Å². The highest BCUT2D eigenvalue weighted by molar-refractivity contribution is 6.01. The van der Waals surface area contributed by atoms with E-state index >= 15 is 0 Å². The van der Waals surface area contributed by atoms with E-state index in [0.717, 1.165) is 38.5 Å². The molecular weight excluding hydrogens is 410 g/mol. The maximum atomic E-state index is 12.1. The van der Waals surface area contributed by atoms with Crippen LogP contribution in [0.1, 0.15) is 78.1 Å². The summed E-state index contributed by atoms with van der Waals surface area (Å²) in [6.45, 7) is 4.46. The molecule has 0 bridgehead atoms. The summed E-state index contributed by atoms with van der Waals surface area (Å²) in [5, 5.41) is 11.2. The van der Waals surface area contributed by atoms with Crippen LogP contribution in [0.2, 0.25) is 0 Å². The summed E-state index contributed by atoms with van der Waals surface area (Å²) in [6, 6.07) is 0. The largest absolute Gasteiger partial charge is 0.393 e. The number of amides is 2. The van der Waals surface area contributed by atoms with Crippen molar-refractivity contribution in [2.75, 3.05) is 6.61 Å². The molecule has 176 valence electrons. The molecule has 5 aliphatic rings. The molecule has 7 nitrogen and oxygen atoms in total. The fourth-order valence-electron chi connectivity index (χ4n) is 7.76. The molecule has 1 N–H and O–H groups in total. The second kappa shape index (κ2) is 7.94. The van der Waals surface area contributed by atoms with Gasteiger partial charge in [0.05, 0.1) is 12.2 Å². The third-order valence-corrected chi connectivity index (χ3v) is 9.64. The highest BCUT2D eigenvalue weighted by Crippen LogP contribution is 2.65. The van der Waals surface area contributed by atoms with E-state index in [1.54, 1.807) is 0 Å². The first-order chi connectivity index (χ1) is 15.2. The summed E-state index contributed by atoms with van der Waals surface area (Å²) in [5.41, 5.74) is 1.72. The van der Waals surface area contributed by atoms with E-state index in [-0.39, 0.29) is 42.5 Å². The lowest BCUT2D eigenvalue weighted by Crippen LogP contribution is -2.51. The van der Waals surface area contributed by atoms with Crippen LogP contribution in [0.4, 0.5) is 0 Å². The third kappa shape index (κ3) is 3.43. The van der Waals surface area contributed by atoms with Crippen LogP contribution in [-0.4, -0.2) is 46.8 Å². The Morgan fingerprint density at radius 3 is 2.53 bits per heavy atom. The number of ether oxygens (including phenoxy) is 1. The van der Waals surface area contributed by atoms with Crippen LogP contribution in [0.3, 0.4) is 0 Å². The highest BCUT2D eigenvalue weighted by atomic mass is 16.7. The Hall–Kier alpha value is -1.73. The molecule has 4 fully saturated rings. The number of fused-ring (bicyclic) bond motifs is 5. The van der Waals surface area contributed by atoms with Gasteiger partial charge in [-0.3, -0.25) is 9.59 Å². The van der Waals surface area contributed by atoms with Gasteiger partial charge in [0.25, 0.3) is 11.8 Å². The monoisotopic (exact) mass is 445 g/mol. The topological polar surface area (TPSA) is 93.1 Å². The van der Waals surface area contributed by atoms with Crippen LogP contribution < -0.4 is 0 Å². The molecule has 2 amide bonds. The Bertz CT molecular complexity index is 837. The number of imide groups is 1. The predicted octanol–water partition coefficient (Wildman–Crippen LogP) is 3.30.